The first-order chi connectivity index (χ1) is 9.46. The van der Waals surface area contributed by atoms with Gasteiger partial charge in [0.05, 0.1) is 0 Å². The summed E-state index contributed by atoms with van der Waals surface area (Å²) >= 11 is 2.05. The molecule has 0 saturated carbocycles. The molecule has 110 valence electrons. The van der Waals surface area contributed by atoms with Gasteiger partial charge in [0, 0.05) is 35.6 Å². The molecule has 0 amide bonds. The topological polar surface area (TPSA) is 20.3 Å². The number of Topliss-reactive ketones (excluding diaryl/α,β-unsaturated/α-hetero) is 1. The minimum absolute atomic E-state index is 0.265. The van der Waals surface area contributed by atoms with Crippen molar-refractivity contribution in [2.24, 2.45) is 0 Å². The van der Waals surface area contributed by atoms with Crippen molar-refractivity contribution in [3.05, 3.63) is 35.4 Å². The molecule has 1 aromatic rings. The number of aryl methyl sites for hydroxylation is 1. The molecular formula is C17H25NOS. The second-order valence-electron chi connectivity index (χ2n) is 6.24. The van der Waals surface area contributed by atoms with Gasteiger partial charge in [0.25, 0.3) is 0 Å². The van der Waals surface area contributed by atoms with E-state index in [9.17, 15) is 4.79 Å². The molecule has 2 nitrogen and oxygen atoms in total. The largest absolute Gasteiger partial charge is 0.302 e. The summed E-state index contributed by atoms with van der Waals surface area (Å²) in [6, 6.07) is 7.91. The summed E-state index contributed by atoms with van der Waals surface area (Å²) in [6.07, 6.45) is 1.84. The van der Waals surface area contributed by atoms with Crippen molar-refractivity contribution >= 4 is 17.5 Å². The number of thioether (sulfide) groups is 1. The maximum Gasteiger partial charge on any atom is 0.164 e. The van der Waals surface area contributed by atoms with E-state index < -0.39 is 0 Å². The van der Waals surface area contributed by atoms with Crippen LogP contribution in [0, 0.1) is 6.92 Å². The molecular weight excluding hydrogens is 266 g/mol. The smallest absolute Gasteiger partial charge is 0.164 e. The first-order valence-corrected chi connectivity index (χ1v) is 8.41. The number of ketones is 1. The Labute approximate surface area is 126 Å². The molecule has 1 fully saturated rings. The predicted octanol–water partition coefficient (Wildman–Crippen LogP) is 3.79. The standard InChI is InChI=1S/C17H25NOS/c1-14-4-6-15(7-5-14)16(19)8-10-18-11-9-17(2,3)20-13-12-18/h4-7H,8-13H2,1-3H3. The summed E-state index contributed by atoms with van der Waals surface area (Å²) in [4.78, 5) is 14.6. The van der Waals surface area contributed by atoms with E-state index in [4.69, 9.17) is 0 Å². The highest BCUT2D eigenvalue weighted by Gasteiger charge is 2.23. The first-order valence-electron chi connectivity index (χ1n) is 7.42. The van der Waals surface area contributed by atoms with Crippen LogP contribution >= 0.6 is 11.8 Å². The monoisotopic (exact) mass is 291 g/mol. The van der Waals surface area contributed by atoms with E-state index in [1.165, 1.54) is 17.7 Å². The van der Waals surface area contributed by atoms with Crippen LogP contribution in [0.1, 0.15) is 42.6 Å². The van der Waals surface area contributed by atoms with Gasteiger partial charge in [-0.15, -0.1) is 0 Å². The van der Waals surface area contributed by atoms with E-state index in [1.54, 1.807) is 0 Å². The Bertz CT molecular complexity index is 453. The predicted molar refractivity (Wildman–Crippen MR) is 87.7 cm³/mol. The van der Waals surface area contributed by atoms with Crippen LogP contribution in [0.5, 0.6) is 0 Å². The minimum atomic E-state index is 0.265. The molecule has 0 atom stereocenters. The van der Waals surface area contributed by atoms with E-state index in [1.807, 2.05) is 31.2 Å². The maximum atomic E-state index is 12.2. The van der Waals surface area contributed by atoms with Gasteiger partial charge < -0.3 is 4.90 Å². The Morgan fingerprint density at radius 3 is 2.65 bits per heavy atom. The zero-order chi connectivity index (χ0) is 14.6. The molecule has 1 heterocycles. The van der Waals surface area contributed by atoms with Crippen LogP contribution < -0.4 is 0 Å². The van der Waals surface area contributed by atoms with E-state index >= 15 is 0 Å². The van der Waals surface area contributed by atoms with Crippen LogP contribution in [0.2, 0.25) is 0 Å². The van der Waals surface area contributed by atoms with Crippen molar-refractivity contribution in [2.45, 2.75) is 38.4 Å². The van der Waals surface area contributed by atoms with Crippen LogP contribution in [0.3, 0.4) is 0 Å². The van der Waals surface area contributed by atoms with E-state index in [2.05, 4.69) is 30.5 Å². The Kier molecular flexibility index (Phi) is 5.28. The third-order valence-electron chi connectivity index (χ3n) is 3.96. The first kappa shape index (κ1) is 15.6. The molecule has 0 aromatic heterocycles. The molecule has 0 bridgehead atoms. The third-order valence-corrected chi connectivity index (χ3v) is 5.33. The van der Waals surface area contributed by atoms with Crippen molar-refractivity contribution in [3.8, 4) is 0 Å². The highest BCUT2D eigenvalue weighted by atomic mass is 32.2. The molecule has 0 unspecified atom stereocenters. The fraction of sp³-hybridized carbons (Fsp3) is 0.588. The average molecular weight is 291 g/mol. The zero-order valence-electron chi connectivity index (χ0n) is 12.8. The van der Waals surface area contributed by atoms with Crippen LogP contribution in [-0.4, -0.2) is 40.8 Å². The Hall–Kier alpha value is -0.800. The van der Waals surface area contributed by atoms with Crippen molar-refractivity contribution in [2.75, 3.05) is 25.4 Å². The zero-order valence-corrected chi connectivity index (χ0v) is 13.6. The lowest BCUT2D eigenvalue weighted by molar-refractivity contribution is 0.0965. The number of hydrogen-bond donors (Lipinski definition) is 0. The van der Waals surface area contributed by atoms with Crippen LogP contribution in [0.15, 0.2) is 24.3 Å². The normalized spacial score (nSPS) is 19.6. The molecule has 3 heteroatoms. The number of nitrogens with zero attached hydrogens (tertiary/aromatic N) is 1. The van der Waals surface area contributed by atoms with E-state index in [0.717, 1.165) is 25.2 Å². The second kappa shape index (κ2) is 6.77. The number of rotatable bonds is 4. The van der Waals surface area contributed by atoms with Crippen molar-refractivity contribution in [3.63, 3.8) is 0 Å². The van der Waals surface area contributed by atoms with Gasteiger partial charge in [-0.1, -0.05) is 43.7 Å². The van der Waals surface area contributed by atoms with Crippen LogP contribution in [0.25, 0.3) is 0 Å². The van der Waals surface area contributed by atoms with Crippen LogP contribution in [-0.2, 0) is 0 Å². The summed E-state index contributed by atoms with van der Waals surface area (Å²) in [6.45, 7) is 9.79. The fourth-order valence-electron chi connectivity index (χ4n) is 2.43. The molecule has 1 aromatic carbocycles. The Morgan fingerprint density at radius 2 is 1.95 bits per heavy atom. The number of hydrogen-bond acceptors (Lipinski definition) is 3. The Morgan fingerprint density at radius 1 is 1.25 bits per heavy atom. The van der Waals surface area contributed by atoms with Gasteiger partial charge in [0.1, 0.15) is 0 Å². The highest BCUT2D eigenvalue weighted by Crippen LogP contribution is 2.30. The quantitative estimate of drug-likeness (QED) is 0.787. The molecule has 0 aliphatic carbocycles. The molecule has 0 spiro atoms. The molecule has 1 saturated heterocycles. The van der Waals surface area contributed by atoms with Gasteiger partial charge in [-0.3, -0.25) is 4.79 Å². The fourth-order valence-corrected chi connectivity index (χ4v) is 3.57. The molecule has 2 rings (SSSR count). The van der Waals surface area contributed by atoms with Gasteiger partial charge >= 0.3 is 0 Å². The third kappa shape index (κ3) is 4.64. The minimum Gasteiger partial charge on any atom is -0.302 e. The SMILES string of the molecule is Cc1ccc(C(=O)CCN2CCSC(C)(C)CC2)cc1. The van der Waals surface area contributed by atoms with Gasteiger partial charge in [0.2, 0.25) is 0 Å². The summed E-state index contributed by atoms with van der Waals surface area (Å²) in [5, 5.41) is 0. The van der Waals surface area contributed by atoms with E-state index in [-0.39, 0.29) is 5.78 Å². The second-order valence-corrected chi connectivity index (χ2v) is 8.04. The summed E-state index contributed by atoms with van der Waals surface area (Å²) < 4.78 is 0.385. The lowest BCUT2D eigenvalue weighted by Gasteiger charge is -2.22. The molecule has 1 aliphatic heterocycles. The summed E-state index contributed by atoms with van der Waals surface area (Å²) in [5.41, 5.74) is 2.05. The molecule has 0 N–H and O–H groups in total. The average Bonchev–Trinajstić information content (AvgIpc) is 2.58. The lowest BCUT2D eigenvalue weighted by atomic mass is 10.1. The number of carbonyl (C=O) groups is 1. The van der Waals surface area contributed by atoms with Crippen molar-refractivity contribution < 1.29 is 4.79 Å². The van der Waals surface area contributed by atoms with E-state index in [0.29, 0.717) is 11.2 Å². The van der Waals surface area contributed by atoms with Crippen molar-refractivity contribution in [1.82, 2.24) is 4.90 Å². The van der Waals surface area contributed by atoms with Crippen LogP contribution in [0.4, 0.5) is 0 Å². The lowest BCUT2D eigenvalue weighted by Crippen LogP contribution is -2.29. The molecule has 1 aliphatic rings. The highest BCUT2D eigenvalue weighted by molar-refractivity contribution is 8.00. The maximum absolute atomic E-state index is 12.2. The van der Waals surface area contributed by atoms with Gasteiger partial charge in [-0.25, -0.2) is 0 Å². The van der Waals surface area contributed by atoms with Crippen molar-refractivity contribution in [1.29, 1.82) is 0 Å². The summed E-state index contributed by atoms with van der Waals surface area (Å²) in [7, 11) is 0. The van der Waals surface area contributed by atoms with Gasteiger partial charge in [-0.05, 0) is 19.9 Å². The number of carbonyl (C=O) groups excluding carboxylic acids is 1. The van der Waals surface area contributed by atoms with Gasteiger partial charge in [-0.2, -0.15) is 11.8 Å². The molecule has 20 heavy (non-hydrogen) atoms. The Balaban J connectivity index is 1.83. The molecule has 0 radical (unpaired) electrons. The number of benzene rings is 1. The summed E-state index contributed by atoms with van der Waals surface area (Å²) in [5.74, 6) is 1.44. The van der Waals surface area contributed by atoms with Gasteiger partial charge in [0.15, 0.2) is 5.78 Å².